The molecule has 8 heteroatoms. The molecule has 0 saturated carbocycles. The molecule has 1 aliphatic heterocycles. The molecular formula is C31H38N2O6. The standard InChI is InChI=1S/C31H38N2O6/c1-3-32(4-2)31-28(33(34)35)30(38-22-26-18-12-7-13-19-26)29(37-21-25-16-10-6-11-17-25)27(39-31)23-36-20-24-14-8-5-9-15-24/h5-19,27-31H,3-4,20-23H2,1-2H3/t27-,28-,29-,30-,31-/m1/s1. The zero-order chi connectivity index (χ0) is 27.5. The molecule has 208 valence electrons. The van der Waals surface area contributed by atoms with Gasteiger partial charge in [-0.3, -0.25) is 15.0 Å². The normalized spacial score (nSPS) is 23.1. The molecule has 5 atom stereocenters. The van der Waals surface area contributed by atoms with E-state index < -0.39 is 30.6 Å². The van der Waals surface area contributed by atoms with E-state index >= 15 is 0 Å². The Kier molecular flexibility index (Phi) is 11.0. The summed E-state index contributed by atoms with van der Waals surface area (Å²) >= 11 is 0. The van der Waals surface area contributed by atoms with E-state index in [0.717, 1.165) is 16.7 Å². The van der Waals surface area contributed by atoms with Crippen molar-refractivity contribution in [3.05, 3.63) is 118 Å². The smallest absolute Gasteiger partial charge is 0.280 e. The van der Waals surface area contributed by atoms with Crippen molar-refractivity contribution >= 4 is 0 Å². The molecule has 0 N–H and O–H groups in total. The van der Waals surface area contributed by atoms with Crippen LogP contribution in [0.25, 0.3) is 0 Å². The first-order valence-corrected chi connectivity index (χ1v) is 13.6. The zero-order valence-corrected chi connectivity index (χ0v) is 22.6. The van der Waals surface area contributed by atoms with Crippen LogP contribution in [0.1, 0.15) is 30.5 Å². The van der Waals surface area contributed by atoms with Gasteiger partial charge in [0.25, 0.3) is 6.04 Å². The predicted octanol–water partition coefficient (Wildman–Crippen LogP) is 5.09. The largest absolute Gasteiger partial charge is 0.374 e. The average Bonchev–Trinajstić information content (AvgIpc) is 2.97. The SMILES string of the molecule is CCN(CC)[C@@H]1O[C@H](COCc2ccccc2)[C@@H](OCc2ccccc2)[C@H](OCc2ccccc2)[C@H]1[N+](=O)[O-]. The van der Waals surface area contributed by atoms with Crippen LogP contribution in [0.2, 0.25) is 0 Å². The van der Waals surface area contributed by atoms with Gasteiger partial charge < -0.3 is 18.9 Å². The topological polar surface area (TPSA) is 83.3 Å². The summed E-state index contributed by atoms with van der Waals surface area (Å²) in [6, 6.07) is 28.2. The number of rotatable bonds is 14. The van der Waals surface area contributed by atoms with E-state index in [1.807, 2.05) is 110 Å². The molecule has 3 aromatic carbocycles. The molecular weight excluding hydrogens is 496 g/mol. The van der Waals surface area contributed by atoms with Gasteiger partial charge in [-0.05, 0) is 29.8 Å². The second-order valence-corrected chi connectivity index (χ2v) is 9.59. The van der Waals surface area contributed by atoms with Gasteiger partial charge >= 0.3 is 0 Å². The average molecular weight is 535 g/mol. The summed E-state index contributed by atoms with van der Waals surface area (Å²) in [5.74, 6) is 0. The lowest BCUT2D eigenvalue weighted by molar-refractivity contribution is -0.569. The van der Waals surface area contributed by atoms with E-state index in [1.165, 1.54) is 0 Å². The molecule has 1 aliphatic rings. The Morgan fingerprint density at radius 1 is 0.744 bits per heavy atom. The minimum absolute atomic E-state index is 0.210. The molecule has 8 nitrogen and oxygen atoms in total. The van der Waals surface area contributed by atoms with Crippen LogP contribution in [0.3, 0.4) is 0 Å². The fourth-order valence-corrected chi connectivity index (χ4v) is 4.95. The quantitative estimate of drug-likeness (QED) is 0.211. The van der Waals surface area contributed by atoms with Crippen LogP contribution in [0, 0.1) is 10.1 Å². The van der Waals surface area contributed by atoms with Crippen molar-refractivity contribution < 1.29 is 23.9 Å². The van der Waals surface area contributed by atoms with Crippen LogP contribution >= 0.6 is 0 Å². The van der Waals surface area contributed by atoms with E-state index in [4.69, 9.17) is 18.9 Å². The highest BCUT2D eigenvalue weighted by Gasteiger charge is 2.55. The van der Waals surface area contributed by atoms with Crippen molar-refractivity contribution in [3.63, 3.8) is 0 Å². The van der Waals surface area contributed by atoms with E-state index in [2.05, 4.69) is 0 Å². The second kappa shape index (κ2) is 14.9. The van der Waals surface area contributed by atoms with Crippen LogP contribution < -0.4 is 0 Å². The van der Waals surface area contributed by atoms with Gasteiger partial charge in [-0.1, -0.05) is 105 Å². The van der Waals surface area contributed by atoms with Gasteiger partial charge in [-0.2, -0.15) is 0 Å². The monoisotopic (exact) mass is 534 g/mol. The molecule has 0 spiro atoms. The molecule has 0 bridgehead atoms. The molecule has 1 fully saturated rings. The highest BCUT2D eigenvalue weighted by Crippen LogP contribution is 2.31. The minimum atomic E-state index is -1.14. The van der Waals surface area contributed by atoms with Crippen molar-refractivity contribution in [2.24, 2.45) is 0 Å². The lowest BCUT2D eigenvalue weighted by atomic mass is 9.94. The van der Waals surface area contributed by atoms with Crippen LogP contribution in [0.15, 0.2) is 91.0 Å². The maximum absolute atomic E-state index is 12.6. The van der Waals surface area contributed by atoms with Crippen molar-refractivity contribution in [1.82, 2.24) is 4.90 Å². The third kappa shape index (κ3) is 7.94. The molecule has 4 rings (SSSR count). The van der Waals surface area contributed by atoms with Gasteiger partial charge in [0, 0.05) is 4.92 Å². The maximum Gasteiger partial charge on any atom is 0.280 e. The summed E-state index contributed by atoms with van der Waals surface area (Å²) in [5.41, 5.74) is 2.94. The van der Waals surface area contributed by atoms with Crippen LogP contribution in [-0.2, 0) is 38.8 Å². The number of nitro groups is 1. The van der Waals surface area contributed by atoms with Crippen molar-refractivity contribution in [2.75, 3.05) is 19.7 Å². The van der Waals surface area contributed by atoms with E-state index in [1.54, 1.807) is 0 Å². The molecule has 39 heavy (non-hydrogen) atoms. The van der Waals surface area contributed by atoms with Crippen molar-refractivity contribution in [2.45, 2.75) is 64.2 Å². The number of nitrogens with zero attached hydrogens (tertiary/aromatic N) is 2. The van der Waals surface area contributed by atoms with E-state index in [9.17, 15) is 10.1 Å². The predicted molar refractivity (Wildman–Crippen MR) is 149 cm³/mol. The number of hydrogen-bond donors (Lipinski definition) is 0. The Labute approximate surface area is 230 Å². The van der Waals surface area contributed by atoms with Crippen molar-refractivity contribution in [1.29, 1.82) is 0 Å². The lowest BCUT2D eigenvalue weighted by Gasteiger charge is -2.45. The van der Waals surface area contributed by atoms with Gasteiger partial charge in [0.2, 0.25) is 0 Å². The molecule has 1 heterocycles. The number of benzene rings is 3. The first kappa shape index (κ1) is 28.9. The summed E-state index contributed by atoms with van der Waals surface area (Å²) < 4.78 is 25.4. The Balaban J connectivity index is 1.62. The number of ether oxygens (including phenoxy) is 4. The van der Waals surface area contributed by atoms with Crippen LogP contribution in [0.5, 0.6) is 0 Å². The van der Waals surface area contributed by atoms with E-state index in [0.29, 0.717) is 19.7 Å². The van der Waals surface area contributed by atoms with Crippen LogP contribution in [-0.4, -0.2) is 60.1 Å². The minimum Gasteiger partial charge on any atom is -0.374 e. The first-order valence-electron chi connectivity index (χ1n) is 13.6. The summed E-state index contributed by atoms with van der Waals surface area (Å²) in [6.07, 6.45) is -2.92. The highest BCUT2D eigenvalue weighted by atomic mass is 16.7. The Hall–Kier alpha value is -3.14. The fourth-order valence-electron chi connectivity index (χ4n) is 4.95. The molecule has 0 aromatic heterocycles. The second-order valence-electron chi connectivity index (χ2n) is 9.59. The Bertz CT molecular complexity index is 1110. The third-order valence-corrected chi connectivity index (χ3v) is 7.01. The maximum atomic E-state index is 12.6. The molecule has 0 radical (unpaired) electrons. The fraction of sp³-hybridized carbons (Fsp3) is 0.419. The summed E-state index contributed by atoms with van der Waals surface area (Å²) in [4.78, 5) is 14.3. The third-order valence-electron chi connectivity index (χ3n) is 7.01. The Morgan fingerprint density at radius 3 is 1.67 bits per heavy atom. The lowest BCUT2D eigenvalue weighted by Crippen LogP contribution is -2.66. The van der Waals surface area contributed by atoms with Gasteiger partial charge in [-0.25, -0.2) is 0 Å². The molecule has 1 saturated heterocycles. The van der Waals surface area contributed by atoms with E-state index in [-0.39, 0.29) is 24.7 Å². The number of likely N-dealkylation sites (N-methyl/N-ethyl adjacent to an activating group) is 1. The van der Waals surface area contributed by atoms with Gasteiger partial charge in [0.1, 0.15) is 12.2 Å². The van der Waals surface area contributed by atoms with Crippen molar-refractivity contribution in [3.8, 4) is 0 Å². The van der Waals surface area contributed by atoms with Gasteiger partial charge in [-0.15, -0.1) is 0 Å². The van der Waals surface area contributed by atoms with Crippen LogP contribution in [0.4, 0.5) is 0 Å². The summed E-state index contributed by atoms with van der Waals surface area (Å²) in [5, 5.41) is 12.6. The summed E-state index contributed by atoms with van der Waals surface area (Å²) in [6.45, 7) is 6.26. The Morgan fingerprint density at radius 2 is 1.21 bits per heavy atom. The van der Waals surface area contributed by atoms with Gasteiger partial charge in [0.05, 0.1) is 26.4 Å². The number of hydrogen-bond acceptors (Lipinski definition) is 7. The molecule has 0 amide bonds. The first-order chi connectivity index (χ1) is 19.1. The highest BCUT2D eigenvalue weighted by molar-refractivity contribution is 5.15. The molecule has 0 aliphatic carbocycles. The zero-order valence-electron chi connectivity index (χ0n) is 22.6. The summed E-state index contributed by atoms with van der Waals surface area (Å²) in [7, 11) is 0. The molecule has 3 aromatic rings. The molecule has 0 unspecified atom stereocenters. The van der Waals surface area contributed by atoms with Gasteiger partial charge in [0.15, 0.2) is 12.3 Å².